The molecule has 2 heterocycles. The van der Waals surface area contributed by atoms with Crippen molar-refractivity contribution in [2.75, 3.05) is 26.2 Å². The predicted octanol–water partition coefficient (Wildman–Crippen LogP) is 3.99. The van der Waals surface area contributed by atoms with Gasteiger partial charge in [0.25, 0.3) is 0 Å². The lowest BCUT2D eigenvalue weighted by molar-refractivity contribution is 0.229. The zero-order valence-electron chi connectivity index (χ0n) is 19.3. The van der Waals surface area contributed by atoms with Crippen LogP contribution in [0.5, 0.6) is 0 Å². The predicted molar refractivity (Wildman–Crippen MR) is 130 cm³/mol. The number of hydrogen-bond acceptors (Lipinski definition) is 4. The van der Waals surface area contributed by atoms with Crippen LogP contribution in [-0.2, 0) is 13.1 Å². The van der Waals surface area contributed by atoms with Crippen molar-refractivity contribution in [2.24, 2.45) is 0 Å². The maximum atomic E-state index is 12.4. The van der Waals surface area contributed by atoms with E-state index in [0.717, 1.165) is 30.8 Å². The van der Waals surface area contributed by atoms with Gasteiger partial charge in [0.1, 0.15) is 0 Å². The van der Waals surface area contributed by atoms with Crippen molar-refractivity contribution >= 4 is 0 Å². The summed E-state index contributed by atoms with van der Waals surface area (Å²) < 4.78 is 1.71. The Morgan fingerprint density at radius 2 is 1.78 bits per heavy atom. The second-order valence-corrected chi connectivity index (χ2v) is 9.11. The summed E-state index contributed by atoms with van der Waals surface area (Å²) in [6, 6.07) is 16.8. The van der Waals surface area contributed by atoms with Gasteiger partial charge in [-0.3, -0.25) is 4.57 Å². The number of aromatic nitrogens is 3. The molecule has 0 amide bonds. The number of aromatic amines is 1. The van der Waals surface area contributed by atoms with E-state index in [1.165, 1.54) is 43.5 Å². The van der Waals surface area contributed by atoms with Gasteiger partial charge < -0.3 is 10.2 Å². The van der Waals surface area contributed by atoms with E-state index in [4.69, 9.17) is 0 Å². The molecule has 1 aliphatic rings. The third-order valence-corrected chi connectivity index (χ3v) is 6.32. The smallest absolute Gasteiger partial charge is 0.311 e. The number of hydrogen-bond donors (Lipinski definition) is 2. The molecule has 1 aliphatic heterocycles. The lowest BCUT2D eigenvalue weighted by atomic mass is 10.0. The van der Waals surface area contributed by atoms with E-state index < -0.39 is 0 Å². The molecule has 2 aromatic carbocycles. The van der Waals surface area contributed by atoms with Gasteiger partial charge in [0, 0.05) is 25.2 Å². The lowest BCUT2D eigenvalue weighted by Gasteiger charge is -2.26. The highest BCUT2D eigenvalue weighted by atomic mass is 16.1. The van der Waals surface area contributed by atoms with Crippen LogP contribution >= 0.6 is 0 Å². The number of rotatable bonds is 9. The summed E-state index contributed by atoms with van der Waals surface area (Å²) >= 11 is 0. The first-order valence-electron chi connectivity index (χ1n) is 11.9. The standard InChI is InChI=1S/C26H35N5O/c1-20(2)23-7-6-8-24(17-23)25-28-29-26(32)31(25)19-22-11-9-21(10-12-22)18-27-13-16-30-14-4-3-5-15-30/h6-12,17,20,27H,3-5,13-16,18-19H2,1-2H3,(H,29,32). The molecule has 1 saturated heterocycles. The Bertz CT molecular complexity index is 1040. The Labute approximate surface area is 190 Å². The van der Waals surface area contributed by atoms with Crippen molar-refractivity contribution in [2.45, 2.75) is 52.1 Å². The summed E-state index contributed by atoms with van der Waals surface area (Å²) in [5.74, 6) is 1.11. The van der Waals surface area contributed by atoms with Crippen molar-refractivity contribution in [1.29, 1.82) is 0 Å². The fraction of sp³-hybridized carbons (Fsp3) is 0.462. The van der Waals surface area contributed by atoms with E-state index >= 15 is 0 Å². The number of H-pyrrole nitrogens is 1. The summed E-state index contributed by atoms with van der Waals surface area (Å²) in [6.07, 6.45) is 4.06. The number of likely N-dealkylation sites (tertiary alicyclic amines) is 1. The minimum atomic E-state index is -0.182. The van der Waals surface area contributed by atoms with Gasteiger partial charge in [0.15, 0.2) is 5.82 Å². The zero-order chi connectivity index (χ0) is 22.3. The Balaban J connectivity index is 1.36. The molecule has 0 atom stereocenters. The summed E-state index contributed by atoms with van der Waals surface area (Å²) in [5, 5.41) is 10.5. The quantitative estimate of drug-likeness (QED) is 0.501. The highest BCUT2D eigenvalue weighted by molar-refractivity contribution is 5.56. The molecule has 2 N–H and O–H groups in total. The fourth-order valence-electron chi connectivity index (χ4n) is 4.32. The minimum absolute atomic E-state index is 0.182. The molecule has 0 saturated carbocycles. The number of piperidine rings is 1. The largest absolute Gasteiger partial charge is 0.343 e. The van der Waals surface area contributed by atoms with Crippen molar-refractivity contribution in [3.8, 4) is 11.4 Å². The van der Waals surface area contributed by atoms with Gasteiger partial charge >= 0.3 is 5.69 Å². The molecule has 0 unspecified atom stereocenters. The first-order valence-corrected chi connectivity index (χ1v) is 11.9. The molecule has 1 fully saturated rings. The van der Waals surface area contributed by atoms with Crippen molar-refractivity contribution in [1.82, 2.24) is 25.0 Å². The number of nitrogens with one attached hydrogen (secondary N) is 2. The average molecular weight is 434 g/mol. The van der Waals surface area contributed by atoms with Gasteiger partial charge in [-0.2, -0.15) is 5.10 Å². The van der Waals surface area contributed by atoms with E-state index in [1.54, 1.807) is 4.57 Å². The first-order chi connectivity index (χ1) is 15.6. The molecule has 3 aromatic rings. The van der Waals surface area contributed by atoms with Crippen LogP contribution in [0, 0.1) is 0 Å². The highest BCUT2D eigenvalue weighted by Gasteiger charge is 2.13. The summed E-state index contributed by atoms with van der Waals surface area (Å²) in [6.45, 7) is 10.3. The minimum Gasteiger partial charge on any atom is -0.311 e. The van der Waals surface area contributed by atoms with Crippen LogP contribution in [0.4, 0.5) is 0 Å². The van der Waals surface area contributed by atoms with Crippen LogP contribution in [0.25, 0.3) is 11.4 Å². The van der Waals surface area contributed by atoms with Gasteiger partial charge in [-0.05, 0) is 54.6 Å². The van der Waals surface area contributed by atoms with Gasteiger partial charge in [-0.25, -0.2) is 9.89 Å². The van der Waals surface area contributed by atoms with Gasteiger partial charge in [0.2, 0.25) is 0 Å². The molecule has 32 heavy (non-hydrogen) atoms. The molecule has 0 bridgehead atoms. The van der Waals surface area contributed by atoms with Gasteiger partial charge in [-0.15, -0.1) is 0 Å². The third-order valence-electron chi connectivity index (χ3n) is 6.32. The second-order valence-electron chi connectivity index (χ2n) is 9.11. The molecule has 0 spiro atoms. The molecule has 0 aliphatic carbocycles. The normalized spacial score (nSPS) is 14.8. The number of benzene rings is 2. The number of nitrogens with zero attached hydrogens (tertiary/aromatic N) is 3. The van der Waals surface area contributed by atoms with E-state index in [2.05, 4.69) is 70.7 Å². The fourth-order valence-corrected chi connectivity index (χ4v) is 4.32. The van der Waals surface area contributed by atoms with E-state index in [9.17, 15) is 4.79 Å². The third kappa shape index (κ3) is 5.75. The zero-order valence-corrected chi connectivity index (χ0v) is 19.3. The molecular formula is C26H35N5O. The highest BCUT2D eigenvalue weighted by Crippen LogP contribution is 2.22. The van der Waals surface area contributed by atoms with Crippen LogP contribution in [0.15, 0.2) is 53.3 Å². The van der Waals surface area contributed by atoms with Crippen molar-refractivity contribution < 1.29 is 0 Å². The first kappa shape index (κ1) is 22.5. The van der Waals surface area contributed by atoms with Crippen LogP contribution in [0.2, 0.25) is 0 Å². The Morgan fingerprint density at radius 3 is 2.53 bits per heavy atom. The molecule has 6 nitrogen and oxygen atoms in total. The lowest BCUT2D eigenvalue weighted by Crippen LogP contribution is -2.35. The second kappa shape index (κ2) is 10.7. The molecule has 4 rings (SSSR count). The van der Waals surface area contributed by atoms with Crippen molar-refractivity contribution in [3.05, 3.63) is 75.7 Å². The van der Waals surface area contributed by atoms with Crippen LogP contribution in [0.3, 0.4) is 0 Å². The van der Waals surface area contributed by atoms with Gasteiger partial charge in [-0.1, -0.05) is 62.7 Å². The summed E-state index contributed by atoms with van der Waals surface area (Å²) in [5.41, 5.74) is 4.37. The molecular weight excluding hydrogens is 398 g/mol. The Hall–Kier alpha value is -2.70. The summed E-state index contributed by atoms with van der Waals surface area (Å²) in [4.78, 5) is 15.0. The Morgan fingerprint density at radius 1 is 1.03 bits per heavy atom. The van der Waals surface area contributed by atoms with E-state index in [0.29, 0.717) is 18.3 Å². The molecule has 170 valence electrons. The van der Waals surface area contributed by atoms with Crippen LogP contribution in [-0.4, -0.2) is 45.8 Å². The molecule has 0 radical (unpaired) electrons. The maximum absolute atomic E-state index is 12.4. The van der Waals surface area contributed by atoms with Crippen LogP contribution < -0.4 is 11.0 Å². The summed E-state index contributed by atoms with van der Waals surface area (Å²) in [7, 11) is 0. The average Bonchev–Trinajstić information content (AvgIpc) is 3.18. The molecule has 1 aromatic heterocycles. The van der Waals surface area contributed by atoms with Crippen molar-refractivity contribution in [3.63, 3.8) is 0 Å². The van der Waals surface area contributed by atoms with E-state index in [1.807, 2.05) is 12.1 Å². The van der Waals surface area contributed by atoms with Gasteiger partial charge in [0.05, 0.1) is 6.54 Å². The van der Waals surface area contributed by atoms with E-state index in [-0.39, 0.29) is 5.69 Å². The Kier molecular flexibility index (Phi) is 7.55. The SMILES string of the molecule is CC(C)c1cccc(-c2n[nH]c(=O)n2Cc2ccc(CNCCN3CCCCC3)cc2)c1. The monoisotopic (exact) mass is 433 g/mol. The molecule has 6 heteroatoms. The maximum Gasteiger partial charge on any atom is 0.343 e. The van der Waals surface area contributed by atoms with Crippen LogP contribution in [0.1, 0.15) is 55.7 Å². The topological polar surface area (TPSA) is 66.0 Å².